The molecule has 6 N–H and O–H groups in total. The Kier molecular flexibility index (Phi) is 9.94. The summed E-state index contributed by atoms with van der Waals surface area (Å²) in [5.74, 6) is 1.05. The van der Waals surface area contributed by atoms with Crippen molar-refractivity contribution in [2.24, 2.45) is 56.7 Å². The first-order valence-corrected chi connectivity index (χ1v) is 20.2. The minimum atomic E-state index is -1.58. The zero-order chi connectivity index (χ0) is 37.9. The second-order valence-corrected chi connectivity index (χ2v) is 19.6. The Morgan fingerprint density at radius 3 is 2.19 bits per heavy atom. The van der Waals surface area contributed by atoms with E-state index in [-0.39, 0.29) is 40.3 Å². The van der Waals surface area contributed by atoms with Gasteiger partial charge in [-0.3, -0.25) is 4.79 Å². The number of aliphatic carboxylic acids is 1. The second-order valence-electron chi connectivity index (χ2n) is 19.6. The molecular formula is C41H66O11. The summed E-state index contributed by atoms with van der Waals surface area (Å²) < 4.78 is 24.5. The van der Waals surface area contributed by atoms with Crippen molar-refractivity contribution in [2.75, 3.05) is 6.61 Å². The summed E-state index contributed by atoms with van der Waals surface area (Å²) in [6.07, 6.45) is -1.14. The standard InChI is InChI=1S/C41H66O11/c1-20-11-16-41(36(47)48)18-17-39(7)23(28(41)21(20)2)9-10-26-38(6)14-13-27(37(4,5)25(38)12-15-40(26,39)8)51-35-33(30(44)24(42)19-49-35)52-34-32(46)31(45)29(43)22(3)50-34/h9,20-22,24-35,42-46H,10-19H2,1-8H3,(H,47,48). The molecule has 0 spiro atoms. The Bertz CT molecular complexity index is 1400. The van der Waals surface area contributed by atoms with Crippen molar-refractivity contribution >= 4 is 5.97 Å². The second kappa shape index (κ2) is 13.2. The first-order valence-electron chi connectivity index (χ1n) is 20.2. The fourth-order valence-corrected chi connectivity index (χ4v) is 13.5. The van der Waals surface area contributed by atoms with E-state index in [1.807, 2.05) is 0 Å². The van der Waals surface area contributed by atoms with E-state index < -0.39 is 66.7 Å². The quantitative estimate of drug-likeness (QED) is 0.175. The molecule has 0 aromatic rings. The predicted octanol–water partition coefficient (Wildman–Crippen LogP) is 4.40. The van der Waals surface area contributed by atoms with Crippen LogP contribution in [0, 0.1) is 56.7 Å². The number of aliphatic hydroxyl groups is 5. The van der Waals surface area contributed by atoms with Crippen molar-refractivity contribution in [1.82, 2.24) is 0 Å². The van der Waals surface area contributed by atoms with E-state index in [2.05, 4.69) is 54.5 Å². The van der Waals surface area contributed by atoms with Crippen LogP contribution in [-0.2, 0) is 23.7 Å². The summed E-state index contributed by atoms with van der Waals surface area (Å²) >= 11 is 0. The van der Waals surface area contributed by atoms with Gasteiger partial charge in [-0.1, -0.05) is 60.1 Å². The maximum absolute atomic E-state index is 13.1. The fourth-order valence-electron chi connectivity index (χ4n) is 13.5. The molecule has 0 bridgehead atoms. The average Bonchev–Trinajstić information content (AvgIpc) is 3.08. The van der Waals surface area contributed by atoms with Gasteiger partial charge in [-0.25, -0.2) is 0 Å². The van der Waals surface area contributed by atoms with Gasteiger partial charge < -0.3 is 49.6 Å². The Hall–Kier alpha value is -1.15. The van der Waals surface area contributed by atoms with Gasteiger partial charge >= 0.3 is 5.97 Å². The molecule has 5 aliphatic carbocycles. The van der Waals surface area contributed by atoms with E-state index in [9.17, 15) is 35.4 Å². The molecule has 11 heteroatoms. The summed E-state index contributed by atoms with van der Waals surface area (Å²) in [4.78, 5) is 13.1. The summed E-state index contributed by atoms with van der Waals surface area (Å²) in [6, 6.07) is 0. The number of carboxylic acids is 1. The molecule has 11 nitrogen and oxygen atoms in total. The maximum atomic E-state index is 13.1. The third kappa shape index (κ3) is 5.48. The first-order chi connectivity index (χ1) is 24.2. The SMILES string of the molecule is CC1CCC2(C(=O)O)CCC3(C)C(=CCC4C5(C)CCC(OC6OCC(O)C(O)C6OC6OC(C)C(O)C(O)C6O)C(C)(C)C5CCC43C)C2C1C. The number of rotatable bonds is 5. The molecule has 2 heterocycles. The van der Waals surface area contributed by atoms with Crippen molar-refractivity contribution in [3.63, 3.8) is 0 Å². The number of allylic oxidation sites excluding steroid dienone is 2. The van der Waals surface area contributed by atoms with Gasteiger partial charge in [-0.05, 0) is 116 Å². The Morgan fingerprint density at radius 1 is 0.788 bits per heavy atom. The van der Waals surface area contributed by atoms with Crippen LogP contribution in [0.4, 0.5) is 0 Å². The minimum absolute atomic E-state index is 0.0143. The first kappa shape index (κ1) is 39.1. The molecule has 0 amide bonds. The van der Waals surface area contributed by atoms with Gasteiger partial charge in [0.25, 0.3) is 0 Å². The molecule has 4 saturated carbocycles. The van der Waals surface area contributed by atoms with Crippen LogP contribution in [0.3, 0.4) is 0 Å². The average molecular weight is 735 g/mol. The van der Waals surface area contributed by atoms with Gasteiger partial charge in [0.05, 0.1) is 24.2 Å². The van der Waals surface area contributed by atoms with Crippen molar-refractivity contribution in [1.29, 1.82) is 0 Å². The molecule has 2 aliphatic heterocycles. The third-order valence-corrected chi connectivity index (χ3v) is 17.2. The molecule has 52 heavy (non-hydrogen) atoms. The molecular weight excluding hydrogens is 668 g/mol. The van der Waals surface area contributed by atoms with Gasteiger partial charge in [-0.2, -0.15) is 0 Å². The largest absolute Gasteiger partial charge is 0.481 e. The van der Waals surface area contributed by atoms with Gasteiger partial charge in [0.2, 0.25) is 0 Å². The normalized spacial score (nSPS) is 55.9. The van der Waals surface area contributed by atoms with Crippen molar-refractivity contribution in [3.05, 3.63) is 11.6 Å². The molecule has 2 saturated heterocycles. The van der Waals surface area contributed by atoms with Crippen LogP contribution < -0.4 is 0 Å². The smallest absolute Gasteiger partial charge is 0.310 e. The molecule has 0 aromatic heterocycles. The van der Waals surface area contributed by atoms with Crippen molar-refractivity contribution < 1.29 is 54.4 Å². The van der Waals surface area contributed by atoms with Crippen LogP contribution in [0.5, 0.6) is 0 Å². The van der Waals surface area contributed by atoms with E-state index >= 15 is 0 Å². The Balaban J connectivity index is 1.14. The van der Waals surface area contributed by atoms with Crippen LogP contribution in [0.15, 0.2) is 11.6 Å². The molecule has 0 aromatic carbocycles. The number of hydrogen-bond acceptors (Lipinski definition) is 10. The van der Waals surface area contributed by atoms with Crippen LogP contribution in [0.1, 0.15) is 113 Å². The third-order valence-electron chi connectivity index (χ3n) is 17.2. The molecule has 296 valence electrons. The molecule has 19 atom stereocenters. The van der Waals surface area contributed by atoms with Crippen LogP contribution in [0.2, 0.25) is 0 Å². The molecule has 7 rings (SSSR count). The molecule has 6 fully saturated rings. The number of aliphatic hydroxyl groups excluding tert-OH is 5. The fraction of sp³-hybridized carbons (Fsp3) is 0.927. The van der Waals surface area contributed by atoms with Gasteiger partial charge in [0.15, 0.2) is 12.6 Å². The lowest BCUT2D eigenvalue weighted by Gasteiger charge is -2.71. The highest BCUT2D eigenvalue weighted by Crippen LogP contribution is 2.76. The highest BCUT2D eigenvalue weighted by Gasteiger charge is 2.70. The molecule has 0 radical (unpaired) electrons. The molecule has 7 aliphatic rings. The van der Waals surface area contributed by atoms with E-state index in [4.69, 9.17) is 18.9 Å². The zero-order valence-corrected chi connectivity index (χ0v) is 32.5. The predicted molar refractivity (Wildman–Crippen MR) is 190 cm³/mol. The van der Waals surface area contributed by atoms with E-state index in [0.29, 0.717) is 23.7 Å². The minimum Gasteiger partial charge on any atom is -0.481 e. The molecule has 19 unspecified atom stereocenters. The highest BCUT2D eigenvalue weighted by molar-refractivity contribution is 5.76. The summed E-state index contributed by atoms with van der Waals surface area (Å²) in [6.45, 7) is 18.1. The lowest BCUT2D eigenvalue weighted by Crippen LogP contribution is -2.66. The number of carbonyl (C=O) groups is 1. The summed E-state index contributed by atoms with van der Waals surface area (Å²) in [5, 5.41) is 63.6. The van der Waals surface area contributed by atoms with E-state index in [1.54, 1.807) is 6.92 Å². The summed E-state index contributed by atoms with van der Waals surface area (Å²) in [7, 11) is 0. The van der Waals surface area contributed by atoms with Gasteiger partial charge in [0, 0.05) is 0 Å². The van der Waals surface area contributed by atoms with Crippen LogP contribution in [-0.4, -0.2) is 105 Å². The van der Waals surface area contributed by atoms with Crippen LogP contribution >= 0.6 is 0 Å². The number of carboxylic acid groups (broad SMARTS) is 1. The summed E-state index contributed by atoms with van der Waals surface area (Å²) in [5.41, 5.74) is 0.454. The van der Waals surface area contributed by atoms with Crippen LogP contribution in [0.25, 0.3) is 0 Å². The Labute approximate surface area is 309 Å². The van der Waals surface area contributed by atoms with Gasteiger partial charge in [0.1, 0.15) is 36.6 Å². The van der Waals surface area contributed by atoms with E-state index in [0.717, 1.165) is 57.8 Å². The zero-order valence-electron chi connectivity index (χ0n) is 32.5. The number of hydrogen-bond donors (Lipinski definition) is 6. The van der Waals surface area contributed by atoms with Crippen molar-refractivity contribution in [3.8, 4) is 0 Å². The highest BCUT2D eigenvalue weighted by atomic mass is 16.8. The number of fused-ring (bicyclic) bond motifs is 7. The van der Waals surface area contributed by atoms with Crippen molar-refractivity contribution in [2.45, 2.75) is 175 Å². The monoisotopic (exact) mass is 734 g/mol. The lowest BCUT2D eigenvalue weighted by atomic mass is 9.33. The van der Waals surface area contributed by atoms with Gasteiger partial charge in [-0.15, -0.1) is 0 Å². The number of ether oxygens (including phenoxy) is 4. The lowest BCUT2D eigenvalue weighted by molar-refractivity contribution is -0.364. The maximum Gasteiger partial charge on any atom is 0.310 e. The topological polar surface area (TPSA) is 175 Å². The van der Waals surface area contributed by atoms with E-state index in [1.165, 1.54) is 5.57 Å². The Morgan fingerprint density at radius 2 is 1.50 bits per heavy atom.